The van der Waals surface area contributed by atoms with Crippen LogP contribution in [0.15, 0.2) is 24.3 Å². The van der Waals surface area contributed by atoms with Gasteiger partial charge < -0.3 is 10.2 Å². The molecule has 136 valence electrons. The molecule has 0 atom stereocenters. The van der Waals surface area contributed by atoms with Crippen molar-refractivity contribution in [2.24, 2.45) is 0 Å². The van der Waals surface area contributed by atoms with Gasteiger partial charge in [-0.15, -0.1) is 0 Å². The highest BCUT2D eigenvalue weighted by atomic mass is 35.5. The van der Waals surface area contributed by atoms with Crippen molar-refractivity contribution in [3.05, 3.63) is 46.2 Å². The highest BCUT2D eigenvalue weighted by Gasteiger charge is 2.29. The minimum atomic E-state index is 0.565. The first kappa shape index (κ1) is 16.4. The van der Waals surface area contributed by atoms with Crippen LogP contribution in [0.5, 0.6) is 0 Å². The van der Waals surface area contributed by atoms with E-state index in [0.29, 0.717) is 12.0 Å². The summed E-state index contributed by atoms with van der Waals surface area (Å²) in [6.45, 7) is 1.88. The number of hydrogen-bond acceptors (Lipinski definition) is 4. The van der Waals surface area contributed by atoms with Crippen molar-refractivity contribution in [3.63, 3.8) is 0 Å². The third-order valence-electron chi connectivity index (χ3n) is 5.88. The van der Waals surface area contributed by atoms with Crippen molar-refractivity contribution in [2.75, 3.05) is 16.8 Å². The minimum absolute atomic E-state index is 0.565. The topological polar surface area (TPSA) is 41.0 Å². The molecule has 2 aromatic rings. The number of rotatable bonds is 4. The second-order valence-electron chi connectivity index (χ2n) is 7.95. The molecule has 2 heterocycles. The summed E-state index contributed by atoms with van der Waals surface area (Å²) in [5.74, 6) is 3.69. The Morgan fingerprint density at radius 3 is 2.65 bits per heavy atom. The second kappa shape index (κ2) is 6.73. The largest absolute Gasteiger partial charge is 0.367 e. The lowest BCUT2D eigenvalue weighted by molar-refractivity contribution is 0.710. The zero-order valence-electron chi connectivity index (χ0n) is 15.0. The van der Waals surface area contributed by atoms with Gasteiger partial charge in [-0.1, -0.05) is 30.5 Å². The maximum atomic E-state index is 6.15. The van der Waals surface area contributed by atoms with E-state index in [4.69, 9.17) is 21.6 Å². The Bertz CT molecular complexity index is 812. The Morgan fingerprint density at radius 1 is 1.00 bits per heavy atom. The Morgan fingerprint density at radius 2 is 1.85 bits per heavy atom. The maximum Gasteiger partial charge on any atom is 0.136 e. The van der Waals surface area contributed by atoms with Gasteiger partial charge >= 0.3 is 0 Å². The molecule has 0 unspecified atom stereocenters. The van der Waals surface area contributed by atoms with Crippen LogP contribution < -0.4 is 10.2 Å². The Kier molecular flexibility index (Phi) is 4.24. The molecule has 5 rings (SSSR count). The number of fused-ring (bicyclic) bond motifs is 1. The van der Waals surface area contributed by atoms with E-state index in [-0.39, 0.29) is 0 Å². The summed E-state index contributed by atoms with van der Waals surface area (Å²) in [4.78, 5) is 12.2. The van der Waals surface area contributed by atoms with Crippen LogP contribution >= 0.6 is 11.6 Å². The smallest absolute Gasteiger partial charge is 0.136 e. The first-order valence-electron chi connectivity index (χ1n) is 9.92. The number of hydrogen-bond donors (Lipinski definition) is 1. The molecule has 0 bridgehead atoms. The highest BCUT2D eigenvalue weighted by Crippen LogP contribution is 2.39. The molecule has 2 aliphatic carbocycles. The Hall–Kier alpha value is -1.81. The average Bonchev–Trinajstić information content (AvgIpc) is 3.39. The fourth-order valence-corrected chi connectivity index (χ4v) is 4.40. The molecule has 0 amide bonds. The summed E-state index contributed by atoms with van der Waals surface area (Å²) >= 11 is 6.15. The third kappa shape index (κ3) is 3.39. The SMILES string of the molecule is Clc1ccc2c(c1)CCN(c1cc(NC3CCCC3)nc(C3CC3)n1)C2. The van der Waals surface area contributed by atoms with Crippen molar-refractivity contribution in [1.82, 2.24) is 9.97 Å². The number of anilines is 2. The van der Waals surface area contributed by atoms with Crippen molar-refractivity contribution in [2.45, 2.75) is 63.5 Å². The van der Waals surface area contributed by atoms with Gasteiger partial charge in [-0.05, 0) is 55.4 Å². The molecule has 5 heteroatoms. The van der Waals surface area contributed by atoms with Gasteiger partial charge in [0.05, 0.1) is 0 Å². The summed E-state index contributed by atoms with van der Waals surface area (Å²) < 4.78 is 0. The van der Waals surface area contributed by atoms with Gasteiger partial charge in [0.15, 0.2) is 0 Å². The molecule has 2 fully saturated rings. The van der Waals surface area contributed by atoms with Gasteiger partial charge in [-0.25, -0.2) is 9.97 Å². The van der Waals surface area contributed by atoms with Gasteiger partial charge in [0.25, 0.3) is 0 Å². The molecule has 1 aromatic carbocycles. The van der Waals surface area contributed by atoms with Crippen molar-refractivity contribution < 1.29 is 0 Å². The molecule has 0 radical (unpaired) electrons. The molecular formula is C21H25ClN4. The van der Waals surface area contributed by atoms with Crippen molar-refractivity contribution in [1.29, 1.82) is 0 Å². The van der Waals surface area contributed by atoms with E-state index < -0.39 is 0 Å². The van der Waals surface area contributed by atoms with E-state index >= 15 is 0 Å². The molecular weight excluding hydrogens is 344 g/mol. The van der Waals surface area contributed by atoms with E-state index in [0.717, 1.165) is 42.0 Å². The minimum Gasteiger partial charge on any atom is -0.367 e. The first-order chi connectivity index (χ1) is 12.7. The molecule has 2 saturated carbocycles. The van der Waals surface area contributed by atoms with Gasteiger partial charge in [0.2, 0.25) is 0 Å². The number of halogens is 1. The maximum absolute atomic E-state index is 6.15. The summed E-state index contributed by atoms with van der Waals surface area (Å²) in [5.41, 5.74) is 2.73. The van der Waals surface area contributed by atoms with Gasteiger partial charge in [-0.3, -0.25) is 0 Å². The number of aromatic nitrogens is 2. The fraction of sp³-hybridized carbons (Fsp3) is 0.524. The zero-order valence-corrected chi connectivity index (χ0v) is 15.8. The van der Waals surface area contributed by atoms with E-state index in [1.165, 1.54) is 49.7 Å². The number of benzene rings is 1. The van der Waals surface area contributed by atoms with E-state index in [2.05, 4.69) is 28.4 Å². The van der Waals surface area contributed by atoms with E-state index in [9.17, 15) is 0 Å². The van der Waals surface area contributed by atoms with Crippen LogP contribution in [0.25, 0.3) is 0 Å². The molecule has 0 saturated heterocycles. The van der Waals surface area contributed by atoms with E-state index in [1.54, 1.807) is 0 Å². The molecule has 26 heavy (non-hydrogen) atoms. The molecule has 1 aromatic heterocycles. The van der Waals surface area contributed by atoms with Crippen molar-refractivity contribution in [3.8, 4) is 0 Å². The van der Waals surface area contributed by atoms with Crippen LogP contribution in [0.4, 0.5) is 11.6 Å². The lowest BCUT2D eigenvalue weighted by atomic mass is 10.00. The summed E-state index contributed by atoms with van der Waals surface area (Å²) in [6, 6.07) is 8.99. The molecule has 4 nitrogen and oxygen atoms in total. The average molecular weight is 369 g/mol. The van der Waals surface area contributed by atoms with Crippen LogP contribution in [-0.2, 0) is 13.0 Å². The molecule has 3 aliphatic rings. The third-order valence-corrected chi connectivity index (χ3v) is 6.12. The van der Waals surface area contributed by atoms with Gasteiger partial charge in [0.1, 0.15) is 17.5 Å². The Balaban J connectivity index is 1.42. The highest BCUT2D eigenvalue weighted by molar-refractivity contribution is 6.30. The number of nitrogens with one attached hydrogen (secondary N) is 1. The summed E-state index contributed by atoms with van der Waals surface area (Å²) in [6.07, 6.45) is 8.66. The standard InChI is InChI=1S/C21H25ClN4/c22-17-8-7-16-13-26(10-9-15(16)11-17)20-12-19(23-18-3-1-2-4-18)24-21(25-20)14-5-6-14/h7-8,11-12,14,18H,1-6,9-10,13H2,(H,23,24,25). The van der Waals surface area contributed by atoms with E-state index in [1.807, 2.05) is 6.07 Å². The quantitative estimate of drug-likeness (QED) is 0.831. The lowest BCUT2D eigenvalue weighted by Crippen LogP contribution is -2.31. The van der Waals surface area contributed by atoms with Gasteiger partial charge in [-0.2, -0.15) is 0 Å². The zero-order chi connectivity index (χ0) is 17.5. The van der Waals surface area contributed by atoms with Crippen LogP contribution in [0, 0.1) is 0 Å². The van der Waals surface area contributed by atoms with Gasteiger partial charge in [0, 0.05) is 36.1 Å². The predicted molar refractivity (Wildman–Crippen MR) is 106 cm³/mol. The molecule has 0 spiro atoms. The van der Waals surface area contributed by atoms with Crippen LogP contribution in [0.1, 0.15) is 61.4 Å². The predicted octanol–water partition coefficient (Wildman–Crippen LogP) is 4.92. The second-order valence-corrected chi connectivity index (χ2v) is 8.39. The van der Waals surface area contributed by atoms with Crippen LogP contribution in [0.2, 0.25) is 5.02 Å². The summed E-state index contributed by atoms with van der Waals surface area (Å²) in [7, 11) is 0. The number of nitrogens with zero attached hydrogens (tertiary/aromatic N) is 3. The summed E-state index contributed by atoms with van der Waals surface area (Å²) in [5, 5.41) is 4.51. The van der Waals surface area contributed by atoms with Crippen LogP contribution in [0.3, 0.4) is 0 Å². The Labute approximate surface area is 160 Å². The lowest BCUT2D eigenvalue weighted by Gasteiger charge is -2.30. The van der Waals surface area contributed by atoms with Crippen LogP contribution in [-0.4, -0.2) is 22.6 Å². The fourth-order valence-electron chi connectivity index (χ4n) is 4.21. The normalized spacial score (nSPS) is 20.3. The molecule has 1 N–H and O–H groups in total. The molecule has 1 aliphatic heterocycles. The first-order valence-corrected chi connectivity index (χ1v) is 10.3. The van der Waals surface area contributed by atoms with Crippen molar-refractivity contribution >= 4 is 23.2 Å². The monoisotopic (exact) mass is 368 g/mol.